The molecule has 0 saturated carbocycles. The van der Waals surface area contributed by atoms with Crippen molar-refractivity contribution in [3.8, 4) is 11.5 Å². The minimum Gasteiger partial charge on any atom is -0.507 e. The molecule has 1 aromatic carbocycles. The van der Waals surface area contributed by atoms with Crippen LogP contribution >= 0.6 is 0 Å². The van der Waals surface area contributed by atoms with Gasteiger partial charge in [-0.2, -0.15) is 0 Å². The van der Waals surface area contributed by atoms with Gasteiger partial charge in [0.1, 0.15) is 24.2 Å². The number of hydrogen-bond acceptors (Lipinski definition) is 5. The van der Waals surface area contributed by atoms with Crippen molar-refractivity contribution in [1.29, 1.82) is 0 Å². The lowest BCUT2D eigenvalue weighted by atomic mass is 9.77. The smallest absolute Gasteiger partial charge is 0.331 e. The Morgan fingerprint density at radius 2 is 1.74 bits per heavy atom. The molecule has 0 radical (unpaired) electrons. The fourth-order valence-electron chi connectivity index (χ4n) is 2.73. The second kappa shape index (κ2) is 8.31. The second-order valence-corrected chi connectivity index (χ2v) is 8.85. The lowest BCUT2D eigenvalue weighted by Gasteiger charge is -2.31. The van der Waals surface area contributed by atoms with Gasteiger partial charge in [0.15, 0.2) is 0 Å². The summed E-state index contributed by atoms with van der Waals surface area (Å²) in [6, 6.07) is 1.72. The molecule has 1 unspecified atom stereocenters. The Hall–Kier alpha value is -2.05. The molecule has 0 aromatic heterocycles. The summed E-state index contributed by atoms with van der Waals surface area (Å²) in [5, 5.41) is 39.0. The zero-order chi connectivity index (χ0) is 21.2. The molecule has 0 bridgehead atoms. The molecule has 6 nitrogen and oxygen atoms in total. The van der Waals surface area contributed by atoms with Crippen molar-refractivity contribution >= 4 is 12.0 Å². The van der Waals surface area contributed by atoms with E-state index >= 15 is 0 Å². The van der Waals surface area contributed by atoms with Crippen molar-refractivity contribution in [3.63, 3.8) is 0 Å². The predicted octanol–water partition coefficient (Wildman–Crippen LogP) is 3.21. The molecular weight excluding hydrogens is 348 g/mol. The summed E-state index contributed by atoms with van der Waals surface area (Å²) in [5.41, 5.74) is 0.939. The molecule has 0 aliphatic heterocycles. The molecule has 0 aliphatic carbocycles. The number of hydrogen-bond donors (Lipinski definition) is 4. The number of phenolic OH excluding ortho intramolecular Hbond substituents is 1. The average molecular weight is 380 g/mol. The van der Waals surface area contributed by atoms with Crippen LogP contribution in [-0.2, 0) is 15.6 Å². The molecule has 1 atom stereocenters. The summed E-state index contributed by atoms with van der Waals surface area (Å²) in [6.45, 7) is 12.5. The lowest BCUT2D eigenvalue weighted by Crippen LogP contribution is -2.24. The first kappa shape index (κ1) is 23.0. The van der Waals surface area contributed by atoms with Gasteiger partial charge in [-0.15, -0.1) is 0 Å². The maximum Gasteiger partial charge on any atom is 0.331 e. The van der Waals surface area contributed by atoms with E-state index in [-0.39, 0.29) is 23.3 Å². The van der Waals surface area contributed by atoms with Crippen LogP contribution in [-0.4, -0.2) is 45.7 Å². The SMILES string of the molecule is CC(=Cc1cc(C(C)(C)C)c(O)c(C(C)(C)C)c1OCC(O)CO)C(=O)O. The third-order valence-electron chi connectivity index (χ3n) is 4.18. The average Bonchev–Trinajstić information content (AvgIpc) is 2.51. The number of phenols is 1. The number of aliphatic carboxylic acids is 1. The standard InChI is InChI=1S/C21H32O6/c1-12(19(25)26)8-13-9-15(20(2,3)4)17(24)16(21(5,6)7)18(13)27-11-14(23)10-22/h8-9,14,22-24H,10-11H2,1-7H3,(H,25,26). The normalized spacial score (nSPS) is 14.2. The molecule has 0 saturated heterocycles. The van der Waals surface area contributed by atoms with Crippen molar-refractivity contribution in [3.05, 3.63) is 28.3 Å². The lowest BCUT2D eigenvalue weighted by molar-refractivity contribution is -0.132. The van der Waals surface area contributed by atoms with Crippen LogP contribution in [0, 0.1) is 0 Å². The van der Waals surface area contributed by atoms with E-state index in [1.165, 1.54) is 13.0 Å². The molecule has 0 spiro atoms. The van der Waals surface area contributed by atoms with Gasteiger partial charge >= 0.3 is 5.97 Å². The number of benzene rings is 1. The third kappa shape index (κ3) is 5.71. The molecule has 6 heteroatoms. The number of carbonyl (C=O) groups is 1. The van der Waals surface area contributed by atoms with E-state index in [1.54, 1.807) is 6.07 Å². The molecule has 0 fully saturated rings. The second-order valence-electron chi connectivity index (χ2n) is 8.85. The molecule has 4 N–H and O–H groups in total. The van der Waals surface area contributed by atoms with Crippen LogP contribution in [0.5, 0.6) is 11.5 Å². The van der Waals surface area contributed by atoms with Crippen LogP contribution in [0.25, 0.3) is 6.08 Å². The van der Waals surface area contributed by atoms with Gasteiger partial charge in [-0.3, -0.25) is 0 Å². The van der Waals surface area contributed by atoms with Gasteiger partial charge in [-0.1, -0.05) is 41.5 Å². The number of ether oxygens (including phenoxy) is 1. The summed E-state index contributed by atoms with van der Waals surface area (Å²) >= 11 is 0. The number of carboxylic acids is 1. The highest BCUT2D eigenvalue weighted by Gasteiger charge is 2.31. The molecule has 27 heavy (non-hydrogen) atoms. The minimum absolute atomic E-state index is 0.0913. The zero-order valence-corrected chi connectivity index (χ0v) is 17.3. The molecular formula is C21H32O6. The van der Waals surface area contributed by atoms with Crippen LogP contribution < -0.4 is 4.74 Å². The molecule has 0 amide bonds. The first-order valence-corrected chi connectivity index (χ1v) is 8.94. The third-order valence-corrected chi connectivity index (χ3v) is 4.18. The topological polar surface area (TPSA) is 107 Å². The van der Waals surface area contributed by atoms with Crippen LogP contribution in [0.1, 0.15) is 65.2 Å². The summed E-state index contributed by atoms with van der Waals surface area (Å²) in [5.74, 6) is -0.659. The van der Waals surface area contributed by atoms with Gasteiger partial charge in [0.2, 0.25) is 0 Å². The number of carboxylic acid groups (broad SMARTS) is 1. The van der Waals surface area contributed by atoms with Crippen LogP contribution in [0.4, 0.5) is 0 Å². The Labute approximate surface area is 161 Å². The van der Waals surface area contributed by atoms with Crippen molar-refractivity contribution < 1.29 is 30.0 Å². The largest absolute Gasteiger partial charge is 0.507 e. The molecule has 0 aliphatic rings. The maximum atomic E-state index is 11.3. The zero-order valence-electron chi connectivity index (χ0n) is 17.3. The van der Waals surface area contributed by atoms with Crippen molar-refractivity contribution in [2.45, 2.75) is 65.4 Å². The molecule has 1 rings (SSSR count). The van der Waals surface area contributed by atoms with Crippen LogP contribution in [0.15, 0.2) is 11.6 Å². The first-order valence-electron chi connectivity index (χ1n) is 8.94. The quantitative estimate of drug-likeness (QED) is 0.565. The van der Waals surface area contributed by atoms with Crippen LogP contribution in [0.2, 0.25) is 0 Å². The first-order chi connectivity index (χ1) is 12.2. The predicted molar refractivity (Wildman–Crippen MR) is 105 cm³/mol. The molecule has 1 aromatic rings. The highest BCUT2D eigenvalue weighted by Crippen LogP contribution is 2.46. The minimum atomic E-state index is -1.08. The van der Waals surface area contributed by atoms with E-state index in [1.807, 2.05) is 41.5 Å². The van der Waals surface area contributed by atoms with Gasteiger partial charge in [0.25, 0.3) is 0 Å². The van der Waals surface area contributed by atoms with E-state index in [2.05, 4.69) is 0 Å². The maximum absolute atomic E-state index is 11.3. The Morgan fingerprint density at radius 1 is 1.19 bits per heavy atom. The van der Waals surface area contributed by atoms with E-state index < -0.39 is 24.1 Å². The van der Waals surface area contributed by atoms with E-state index in [4.69, 9.17) is 9.84 Å². The van der Waals surface area contributed by atoms with Crippen molar-refractivity contribution in [2.24, 2.45) is 0 Å². The summed E-state index contributed by atoms with van der Waals surface area (Å²) in [4.78, 5) is 11.3. The van der Waals surface area contributed by atoms with Gasteiger partial charge in [0, 0.05) is 22.3 Å². The van der Waals surface area contributed by atoms with Gasteiger partial charge in [-0.25, -0.2) is 4.79 Å². The summed E-state index contributed by atoms with van der Waals surface area (Å²) in [6.07, 6.45) is 0.409. The fourth-order valence-corrected chi connectivity index (χ4v) is 2.73. The highest BCUT2D eigenvalue weighted by atomic mass is 16.5. The summed E-state index contributed by atoms with van der Waals surface area (Å²) in [7, 11) is 0. The van der Waals surface area contributed by atoms with E-state index in [0.29, 0.717) is 22.4 Å². The monoisotopic (exact) mass is 380 g/mol. The van der Waals surface area contributed by atoms with E-state index in [0.717, 1.165) is 0 Å². The number of aliphatic hydroxyl groups excluding tert-OH is 2. The Bertz CT molecular complexity index is 720. The number of aromatic hydroxyl groups is 1. The Morgan fingerprint density at radius 3 is 2.15 bits per heavy atom. The van der Waals surface area contributed by atoms with Gasteiger partial charge < -0.3 is 25.2 Å². The van der Waals surface area contributed by atoms with Crippen molar-refractivity contribution in [1.82, 2.24) is 0 Å². The number of aliphatic hydroxyl groups is 2. The fraction of sp³-hybridized carbons (Fsp3) is 0.571. The molecule has 0 heterocycles. The molecule has 152 valence electrons. The summed E-state index contributed by atoms with van der Waals surface area (Å²) < 4.78 is 5.77. The van der Waals surface area contributed by atoms with Gasteiger partial charge in [-0.05, 0) is 29.9 Å². The Balaban J connectivity index is 3.84. The van der Waals surface area contributed by atoms with Crippen molar-refractivity contribution in [2.75, 3.05) is 13.2 Å². The van der Waals surface area contributed by atoms with E-state index in [9.17, 15) is 20.1 Å². The van der Waals surface area contributed by atoms with Gasteiger partial charge in [0.05, 0.1) is 6.61 Å². The number of rotatable bonds is 6. The Kier molecular flexibility index (Phi) is 7.08. The highest BCUT2D eigenvalue weighted by molar-refractivity contribution is 5.92. The van der Waals surface area contributed by atoms with Crippen LogP contribution in [0.3, 0.4) is 0 Å².